The second kappa shape index (κ2) is 57.0. The van der Waals surface area contributed by atoms with Crippen molar-refractivity contribution in [2.75, 3.05) is 78.8 Å². The SMILES string of the molecule is CC(C)[C@H](NC(=O)[C@H](Cc1ccc(O)cc1)NC(=O)[C@H](CO)NC(=O)[C@H](CCCNC(=N)N)NC(=O)[C@H](CO)NC(=O)[C@H](CO)NC(=O)[C@H](CO)NC(=O)[C@@H]1CCCN1C(=O)[C@H](CCCNC(=N)N)NC(=O)[C@H](CO)NC(=O)[C@H](C)NC(=O)[C@@H](NC(=O)CNC(=O)[C@@H]1CCCN1C(=O)CNC(=O)CNC(=O)[C@@H](N)Cc1ccccc1)[C@@H](C)O)C(=O)N[C@H](C(=O)N[C@H](C(=O)O)[C@@H](C)O)[C@@H](C)O. The third-order valence-electron chi connectivity index (χ3n) is 21.1. The predicted octanol–water partition coefficient (Wildman–Crippen LogP) is -15.5. The maximum absolute atomic E-state index is 14.6. The van der Waals surface area contributed by atoms with E-state index in [1.165, 1.54) is 43.0 Å². The van der Waals surface area contributed by atoms with Crippen molar-refractivity contribution in [2.24, 2.45) is 23.1 Å². The average Bonchev–Trinajstić information content (AvgIpc) is 1.53. The molecule has 0 radical (unpaired) electrons. The van der Waals surface area contributed by atoms with Crippen molar-refractivity contribution in [1.29, 1.82) is 10.8 Å². The fraction of sp³-hybridized carbons (Fsp3) is 0.593. The van der Waals surface area contributed by atoms with E-state index in [-0.39, 0.29) is 82.4 Å². The lowest BCUT2D eigenvalue weighted by Gasteiger charge is -2.30. The van der Waals surface area contributed by atoms with Crippen molar-refractivity contribution >= 4 is 124 Å². The molecule has 2 aliphatic heterocycles. The van der Waals surface area contributed by atoms with Crippen molar-refractivity contribution < 1.29 is 142 Å². The van der Waals surface area contributed by atoms with E-state index in [1.807, 2.05) is 5.32 Å². The first-order valence-electron chi connectivity index (χ1n) is 43.1. The van der Waals surface area contributed by atoms with Gasteiger partial charge in [0.2, 0.25) is 106 Å². The van der Waals surface area contributed by atoms with Crippen molar-refractivity contribution in [2.45, 2.75) is 221 Å². The highest BCUT2D eigenvalue weighted by Gasteiger charge is 2.43. The molecule has 2 saturated heterocycles. The maximum Gasteiger partial charge on any atom is 0.328 e. The Balaban J connectivity index is 1.40. The van der Waals surface area contributed by atoms with Gasteiger partial charge in [-0.1, -0.05) is 56.3 Å². The first-order valence-corrected chi connectivity index (χ1v) is 43.1. The molecule has 0 bridgehead atoms. The number of amides is 18. The first-order chi connectivity index (χ1) is 63.7. The van der Waals surface area contributed by atoms with Gasteiger partial charge in [0.15, 0.2) is 18.0 Å². The molecule has 0 aliphatic carbocycles. The van der Waals surface area contributed by atoms with Gasteiger partial charge in [-0.05, 0) is 115 Å². The van der Waals surface area contributed by atoms with Crippen molar-refractivity contribution in [1.82, 2.24) is 106 Å². The number of phenolic OH excluding ortho intramolecular Hbond substituents is 1. The summed E-state index contributed by atoms with van der Waals surface area (Å²) in [6.45, 7) is -1.01. The summed E-state index contributed by atoms with van der Waals surface area (Å²) in [5, 5.41) is 159. The number of hydrogen-bond donors (Lipinski definition) is 33. The number of carboxylic acid groups (broad SMARTS) is 1. The molecule has 54 nitrogen and oxygen atoms in total. The molecule has 36 N–H and O–H groups in total. The van der Waals surface area contributed by atoms with Gasteiger partial charge in [0, 0.05) is 32.6 Å². The number of nitrogens with zero attached hydrogens (tertiary/aromatic N) is 2. The largest absolute Gasteiger partial charge is 0.508 e. The molecule has 0 spiro atoms. The zero-order valence-electron chi connectivity index (χ0n) is 75.2. The molecule has 18 amide bonds. The number of rotatable bonds is 56. The fourth-order valence-corrected chi connectivity index (χ4v) is 13.6. The number of hydrogen-bond acceptors (Lipinski definition) is 31. The molecule has 135 heavy (non-hydrogen) atoms. The van der Waals surface area contributed by atoms with Gasteiger partial charge in [-0.25, -0.2) is 4.79 Å². The number of nitrogens with one attached hydrogen (secondary N) is 20. The van der Waals surface area contributed by atoms with Gasteiger partial charge in [-0.3, -0.25) is 97.1 Å². The number of aliphatic carboxylic acids is 1. The van der Waals surface area contributed by atoms with E-state index in [9.17, 15) is 142 Å². The molecule has 2 aliphatic rings. The lowest BCUT2D eigenvalue weighted by atomic mass is 9.99. The monoisotopic (exact) mass is 1910 g/mol. The van der Waals surface area contributed by atoms with E-state index in [0.717, 1.165) is 38.2 Å². The van der Waals surface area contributed by atoms with E-state index in [4.69, 9.17) is 28.0 Å². The quantitative estimate of drug-likeness (QED) is 0.0166. The molecule has 2 aromatic rings. The summed E-state index contributed by atoms with van der Waals surface area (Å²) < 4.78 is 0. The maximum atomic E-state index is 14.6. The molecule has 2 heterocycles. The summed E-state index contributed by atoms with van der Waals surface area (Å²) in [5.41, 5.74) is 17.9. The van der Waals surface area contributed by atoms with E-state index in [1.54, 1.807) is 30.3 Å². The van der Waals surface area contributed by atoms with Crippen LogP contribution in [0.1, 0.15) is 104 Å². The number of carboxylic acids is 1. The number of carbonyl (C=O) groups excluding carboxylic acids is 18. The molecule has 4 rings (SSSR count). The van der Waals surface area contributed by atoms with Gasteiger partial charge in [-0.15, -0.1) is 0 Å². The average molecular weight is 1920 g/mol. The van der Waals surface area contributed by atoms with Crippen LogP contribution in [0.4, 0.5) is 0 Å². The second-order valence-corrected chi connectivity index (χ2v) is 32.2. The standard InChI is InChI=1S/C81H127N25O29/c1-38(2)60(75(130)103-62(41(5)113)77(132)104-63(42(6)114)79(134)135)102-67(122)49(29-44-20-22-45(115)23-21-44)95-70(125)52(35-109)97-66(121)47(16-10-24-87-80(83)84)93-68(123)51(34-108)98-71(126)53(36-110)99-72(127)54(37-111)100-74(129)56-19-13-27-106(56)78(133)48(17-11-25-88-81(85)86)94-69(124)50(33-107)96-64(119)39(3)92-76(131)61(40(4)112)101-58(117)31-91-73(128)55-18-12-26-105(55)59(118)32-89-57(116)30-90-65(120)46(82)28-43-14-8-7-9-15-43/h7-9,14-15,20-23,38-42,46-56,60-63,107-115H,10-13,16-19,24-37,82H2,1-6H3,(H,89,116)(H,90,120)(H,91,128)(H,92,131)(H,93,123)(H,94,124)(H,95,125)(H,96,119)(H,97,121)(H,98,126)(H,99,127)(H,100,129)(H,101,117)(H,102,122)(H,103,130)(H,104,132)(H,134,135)(H4,83,84,87)(H4,85,86,88)/t39-,40+,41+,42+,46-,47-,48-,49-,50-,51-,52-,53-,54-,55-,56-,60-,61-,62-,63-/m0/s1. The Morgan fingerprint density at radius 2 is 0.785 bits per heavy atom. The van der Waals surface area contributed by atoms with Crippen LogP contribution >= 0.6 is 0 Å². The van der Waals surface area contributed by atoms with Gasteiger partial charge in [0.25, 0.3) is 0 Å². The molecule has 54 heteroatoms. The molecular weight excluding hydrogens is 1790 g/mol. The van der Waals surface area contributed by atoms with E-state index >= 15 is 0 Å². The highest BCUT2D eigenvalue weighted by molar-refractivity contribution is 6.02. The lowest BCUT2D eigenvalue weighted by molar-refractivity contribution is -0.146. The molecule has 0 unspecified atom stereocenters. The summed E-state index contributed by atoms with van der Waals surface area (Å²) in [5.74, 6) is -23.2. The number of nitrogens with two attached hydrogens (primary N) is 3. The molecule has 0 aromatic heterocycles. The number of benzene rings is 2. The highest BCUT2D eigenvalue weighted by atomic mass is 16.4. The van der Waals surface area contributed by atoms with Crippen molar-refractivity contribution in [3.05, 3.63) is 65.7 Å². The predicted molar refractivity (Wildman–Crippen MR) is 470 cm³/mol. The molecule has 750 valence electrons. The summed E-state index contributed by atoms with van der Waals surface area (Å²) >= 11 is 0. The van der Waals surface area contributed by atoms with Crippen LogP contribution in [0, 0.1) is 16.7 Å². The number of phenols is 1. The highest BCUT2D eigenvalue weighted by Crippen LogP contribution is 2.22. The van der Waals surface area contributed by atoms with Crippen LogP contribution in [0.25, 0.3) is 0 Å². The van der Waals surface area contributed by atoms with E-state index in [0.29, 0.717) is 6.42 Å². The summed E-state index contributed by atoms with van der Waals surface area (Å²) in [4.78, 5) is 260. The minimum Gasteiger partial charge on any atom is -0.508 e. The van der Waals surface area contributed by atoms with Gasteiger partial charge in [-0.2, -0.15) is 0 Å². The molecule has 2 fully saturated rings. The Morgan fingerprint density at radius 1 is 0.393 bits per heavy atom. The van der Waals surface area contributed by atoms with Crippen molar-refractivity contribution in [3.63, 3.8) is 0 Å². The zero-order chi connectivity index (χ0) is 101. The fourth-order valence-electron chi connectivity index (χ4n) is 13.6. The number of aliphatic hydroxyl groups excluding tert-OH is 8. The number of carbonyl (C=O) groups is 19. The summed E-state index contributed by atoms with van der Waals surface area (Å²) in [7, 11) is 0. The van der Waals surface area contributed by atoms with Crippen LogP contribution in [-0.2, 0) is 104 Å². The van der Waals surface area contributed by atoms with Crippen LogP contribution in [0.5, 0.6) is 5.75 Å². The Labute approximate surface area is 773 Å². The third kappa shape index (κ3) is 37.7. The lowest BCUT2D eigenvalue weighted by Crippen LogP contribution is -2.63. The Kier molecular flexibility index (Phi) is 48.0. The van der Waals surface area contributed by atoms with Crippen LogP contribution < -0.4 is 113 Å². The Hall–Kier alpha value is -13.6. The number of likely N-dealkylation sites (tertiary alicyclic amines) is 2. The smallest absolute Gasteiger partial charge is 0.328 e. The first kappa shape index (κ1) is 114. The normalized spacial score (nSPS) is 17.1. The molecule has 19 atom stereocenters. The van der Waals surface area contributed by atoms with Gasteiger partial charge < -0.3 is 174 Å². The minimum absolute atomic E-state index is 0.0254. The van der Waals surface area contributed by atoms with Crippen LogP contribution in [0.15, 0.2) is 54.6 Å². The van der Waals surface area contributed by atoms with Crippen LogP contribution in [-0.4, -0.2) is 379 Å². The minimum atomic E-state index is -2.07. The Morgan fingerprint density at radius 3 is 1.27 bits per heavy atom. The molecular formula is C81H127N25O29. The molecule has 0 saturated carbocycles. The third-order valence-corrected chi connectivity index (χ3v) is 21.1. The summed E-state index contributed by atoms with van der Waals surface area (Å²) in [6, 6.07) is -13.3. The van der Waals surface area contributed by atoms with Gasteiger partial charge in [0.05, 0.1) is 77.0 Å². The Bertz CT molecular complexity index is 4440. The van der Waals surface area contributed by atoms with E-state index in [2.05, 4.69) is 90.4 Å². The number of guanidine groups is 2. The van der Waals surface area contributed by atoms with Gasteiger partial charge in [0.1, 0.15) is 90.3 Å². The van der Waals surface area contributed by atoms with Gasteiger partial charge >= 0.3 is 5.97 Å². The second-order valence-electron chi connectivity index (χ2n) is 32.2. The molecule has 2 aromatic carbocycles. The van der Waals surface area contributed by atoms with E-state index < -0.39 is 311 Å². The number of aliphatic hydroxyl groups is 8. The van der Waals surface area contributed by atoms with Crippen LogP contribution in [0.3, 0.4) is 0 Å². The summed E-state index contributed by atoms with van der Waals surface area (Å²) in [6.07, 6.45) is -5.51. The number of aromatic hydroxyl groups is 1. The van der Waals surface area contributed by atoms with Crippen molar-refractivity contribution in [3.8, 4) is 5.75 Å². The van der Waals surface area contributed by atoms with Crippen LogP contribution in [0.2, 0.25) is 0 Å². The topological polar surface area (TPSA) is 875 Å². The zero-order valence-corrected chi connectivity index (χ0v) is 75.2.